The normalized spacial score (nSPS) is 11.5. The third-order valence-electron chi connectivity index (χ3n) is 3.57. The van der Waals surface area contributed by atoms with Crippen molar-refractivity contribution in [3.63, 3.8) is 0 Å². The summed E-state index contributed by atoms with van der Waals surface area (Å²) in [5.41, 5.74) is 2.30. The zero-order valence-corrected chi connectivity index (χ0v) is 14.0. The molecular formula is C17H16FN3O2S. The molecule has 1 heterocycles. The van der Waals surface area contributed by atoms with Crippen molar-refractivity contribution in [3.8, 4) is 11.3 Å². The molecule has 2 aromatic carbocycles. The van der Waals surface area contributed by atoms with Crippen molar-refractivity contribution in [2.45, 2.75) is 18.7 Å². The second kappa shape index (κ2) is 6.09. The van der Waals surface area contributed by atoms with Crippen LogP contribution in [-0.4, -0.2) is 18.4 Å². The van der Waals surface area contributed by atoms with E-state index in [2.05, 4.69) is 14.7 Å². The number of nitrogens with one attached hydrogen (secondary N) is 2. The van der Waals surface area contributed by atoms with Crippen LogP contribution in [0.5, 0.6) is 0 Å². The quantitative estimate of drug-likeness (QED) is 0.758. The highest BCUT2D eigenvalue weighted by molar-refractivity contribution is 7.92. The van der Waals surface area contributed by atoms with Crippen LogP contribution in [0.25, 0.3) is 11.3 Å². The number of aryl methyl sites for hydroxylation is 2. The molecule has 0 saturated carbocycles. The Morgan fingerprint density at radius 3 is 2.58 bits per heavy atom. The molecular weight excluding hydrogens is 329 g/mol. The van der Waals surface area contributed by atoms with Gasteiger partial charge in [-0.15, -0.1) is 0 Å². The molecule has 0 aliphatic heterocycles. The van der Waals surface area contributed by atoms with Gasteiger partial charge in [0.15, 0.2) is 0 Å². The highest BCUT2D eigenvalue weighted by atomic mass is 32.2. The van der Waals surface area contributed by atoms with Gasteiger partial charge in [0.05, 0.1) is 16.8 Å². The third-order valence-corrected chi connectivity index (χ3v) is 4.95. The van der Waals surface area contributed by atoms with Gasteiger partial charge in [-0.3, -0.25) is 4.72 Å². The largest absolute Gasteiger partial charge is 0.342 e. The monoisotopic (exact) mass is 345 g/mol. The van der Waals surface area contributed by atoms with Crippen molar-refractivity contribution in [1.82, 2.24) is 9.97 Å². The number of nitrogens with zero attached hydrogens (tertiary/aromatic N) is 1. The highest BCUT2D eigenvalue weighted by Gasteiger charge is 2.16. The Bertz CT molecular complexity index is 997. The van der Waals surface area contributed by atoms with E-state index in [1.54, 1.807) is 24.4 Å². The van der Waals surface area contributed by atoms with Crippen LogP contribution in [0, 0.1) is 19.7 Å². The lowest BCUT2D eigenvalue weighted by Crippen LogP contribution is -2.13. The maximum atomic E-state index is 13.3. The number of hydrogen-bond donors (Lipinski definition) is 2. The standard InChI is InChI=1S/C17H16FN3O2S/c1-11-8-15(6-7-16(11)18)24(22,23)21-14-5-3-4-13(9-14)17-10-19-12(2)20-17/h3-10,21H,1-2H3,(H,19,20). The first-order valence-electron chi connectivity index (χ1n) is 7.26. The van der Waals surface area contributed by atoms with E-state index in [-0.39, 0.29) is 10.5 Å². The fourth-order valence-corrected chi connectivity index (χ4v) is 3.45. The van der Waals surface area contributed by atoms with Crippen LogP contribution in [0.15, 0.2) is 53.6 Å². The van der Waals surface area contributed by atoms with Crippen molar-refractivity contribution in [3.05, 3.63) is 65.9 Å². The number of halogens is 1. The molecule has 3 rings (SSSR count). The molecule has 2 N–H and O–H groups in total. The Balaban J connectivity index is 1.91. The molecule has 0 aliphatic carbocycles. The number of anilines is 1. The number of aromatic amines is 1. The third kappa shape index (κ3) is 3.30. The van der Waals surface area contributed by atoms with Gasteiger partial charge >= 0.3 is 0 Å². The Morgan fingerprint density at radius 2 is 1.92 bits per heavy atom. The Morgan fingerprint density at radius 1 is 1.12 bits per heavy atom. The minimum absolute atomic E-state index is 0.0178. The Labute approximate surface area is 139 Å². The minimum atomic E-state index is -3.79. The van der Waals surface area contributed by atoms with Crippen LogP contribution >= 0.6 is 0 Å². The molecule has 0 bridgehead atoms. The second-order valence-corrected chi connectivity index (χ2v) is 7.16. The maximum Gasteiger partial charge on any atom is 0.261 e. The van der Waals surface area contributed by atoms with Gasteiger partial charge in [-0.2, -0.15) is 0 Å². The average molecular weight is 345 g/mol. The Hall–Kier alpha value is -2.67. The lowest BCUT2D eigenvalue weighted by Gasteiger charge is -2.10. The summed E-state index contributed by atoms with van der Waals surface area (Å²) in [6, 6.07) is 10.7. The van der Waals surface area contributed by atoms with E-state index in [0.717, 1.165) is 23.1 Å². The molecule has 3 aromatic rings. The average Bonchev–Trinajstić information content (AvgIpc) is 2.96. The Kier molecular flexibility index (Phi) is 4.11. The molecule has 0 spiro atoms. The van der Waals surface area contributed by atoms with Crippen LogP contribution in [0.1, 0.15) is 11.4 Å². The van der Waals surface area contributed by atoms with E-state index in [4.69, 9.17) is 0 Å². The summed E-state index contributed by atoms with van der Waals surface area (Å²) in [5, 5.41) is 0. The number of imidazole rings is 1. The molecule has 0 atom stereocenters. The van der Waals surface area contributed by atoms with Crippen molar-refractivity contribution >= 4 is 15.7 Å². The first-order chi connectivity index (χ1) is 11.3. The topological polar surface area (TPSA) is 74.8 Å². The van der Waals surface area contributed by atoms with Crippen molar-refractivity contribution in [2.24, 2.45) is 0 Å². The van der Waals surface area contributed by atoms with Crippen LogP contribution in [0.2, 0.25) is 0 Å². The zero-order chi connectivity index (χ0) is 17.3. The molecule has 0 saturated heterocycles. The summed E-state index contributed by atoms with van der Waals surface area (Å²) in [6.07, 6.45) is 1.69. The SMILES string of the molecule is Cc1ncc(-c2cccc(NS(=O)(=O)c3ccc(F)c(C)c3)c2)[nH]1. The molecule has 24 heavy (non-hydrogen) atoms. The summed E-state index contributed by atoms with van der Waals surface area (Å²) in [4.78, 5) is 7.25. The number of benzene rings is 2. The van der Waals surface area contributed by atoms with Crippen LogP contribution in [-0.2, 0) is 10.0 Å². The number of rotatable bonds is 4. The van der Waals surface area contributed by atoms with Crippen LogP contribution < -0.4 is 4.72 Å². The predicted molar refractivity (Wildman–Crippen MR) is 90.7 cm³/mol. The van der Waals surface area contributed by atoms with Crippen molar-refractivity contribution in [2.75, 3.05) is 4.72 Å². The minimum Gasteiger partial charge on any atom is -0.342 e. The molecule has 5 nitrogen and oxygen atoms in total. The summed E-state index contributed by atoms with van der Waals surface area (Å²) in [7, 11) is -3.79. The van der Waals surface area contributed by atoms with Crippen molar-refractivity contribution in [1.29, 1.82) is 0 Å². The van der Waals surface area contributed by atoms with Gasteiger partial charge in [-0.05, 0) is 49.7 Å². The van der Waals surface area contributed by atoms with E-state index in [0.29, 0.717) is 5.69 Å². The lowest BCUT2D eigenvalue weighted by molar-refractivity contribution is 0.598. The summed E-state index contributed by atoms with van der Waals surface area (Å²) < 4.78 is 40.8. The lowest BCUT2D eigenvalue weighted by atomic mass is 10.1. The number of hydrogen-bond acceptors (Lipinski definition) is 3. The molecule has 0 radical (unpaired) electrons. The molecule has 0 fully saturated rings. The fraction of sp³-hybridized carbons (Fsp3) is 0.118. The maximum absolute atomic E-state index is 13.3. The second-order valence-electron chi connectivity index (χ2n) is 5.48. The summed E-state index contributed by atoms with van der Waals surface area (Å²) in [6.45, 7) is 3.36. The molecule has 124 valence electrons. The highest BCUT2D eigenvalue weighted by Crippen LogP contribution is 2.23. The van der Waals surface area contributed by atoms with Gasteiger partial charge in [-0.1, -0.05) is 12.1 Å². The zero-order valence-electron chi connectivity index (χ0n) is 13.2. The smallest absolute Gasteiger partial charge is 0.261 e. The molecule has 0 unspecified atom stereocenters. The van der Waals surface area contributed by atoms with Gasteiger partial charge in [-0.25, -0.2) is 17.8 Å². The van der Waals surface area contributed by atoms with Crippen LogP contribution in [0.4, 0.5) is 10.1 Å². The first-order valence-corrected chi connectivity index (χ1v) is 8.74. The van der Waals surface area contributed by atoms with Gasteiger partial charge in [0.25, 0.3) is 10.0 Å². The van der Waals surface area contributed by atoms with E-state index >= 15 is 0 Å². The van der Waals surface area contributed by atoms with E-state index < -0.39 is 15.8 Å². The van der Waals surface area contributed by atoms with Crippen LogP contribution in [0.3, 0.4) is 0 Å². The fourth-order valence-electron chi connectivity index (χ4n) is 2.32. The van der Waals surface area contributed by atoms with Gasteiger partial charge in [0.1, 0.15) is 11.6 Å². The molecule has 0 aliphatic rings. The summed E-state index contributed by atoms with van der Waals surface area (Å²) in [5.74, 6) is 0.336. The number of sulfonamides is 1. The molecule has 1 aromatic heterocycles. The van der Waals surface area contributed by atoms with Gasteiger partial charge in [0.2, 0.25) is 0 Å². The molecule has 7 heteroatoms. The van der Waals surface area contributed by atoms with E-state index in [1.807, 2.05) is 13.0 Å². The van der Waals surface area contributed by atoms with E-state index in [9.17, 15) is 12.8 Å². The predicted octanol–water partition coefficient (Wildman–Crippen LogP) is 3.63. The van der Waals surface area contributed by atoms with Gasteiger partial charge in [0, 0.05) is 11.3 Å². The van der Waals surface area contributed by atoms with Gasteiger partial charge < -0.3 is 4.98 Å². The number of H-pyrrole nitrogens is 1. The summed E-state index contributed by atoms with van der Waals surface area (Å²) >= 11 is 0. The number of aromatic nitrogens is 2. The van der Waals surface area contributed by atoms with E-state index in [1.165, 1.54) is 19.1 Å². The molecule has 0 amide bonds. The van der Waals surface area contributed by atoms with Crippen molar-refractivity contribution < 1.29 is 12.8 Å². The first kappa shape index (κ1) is 16.2.